The van der Waals surface area contributed by atoms with E-state index in [1.807, 2.05) is 61.5 Å². The highest BCUT2D eigenvalue weighted by Gasteiger charge is 2.31. The fourth-order valence-electron chi connectivity index (χ4n) is 2.30. The molecule has 1 aliphatic heterocycles. The SMILES string of the molecule is Cc1cccc(NCN2C(=O)C(=Cc3ccccc3Br)SC2=S)c1. The van der Waals surface area contributed by atoms with Gasteiger partial charge in [-0.15, -0.1) is 0 Å². The van der Waals surface area contributed by atoms with Crippen molar-refractivity contribution >= 4 is 61.9 Å². The Morgan fingerprint density at radius 2 is 2.04 bits per heavy atom. The van der Waals surface area contributed by atoms with E-state index in [1.165, 1.54) is 17.3 Å². The maximum Gasteiger partial charge on any atom is 0.267 e. The fraction of sp³-hybridized carbons (Fsp3) is 0.111. The van der Waals surface area contributed by atoms with Crippen molar-refractivity contribution in [1.82, 2.24) is 4.90 Å². The average Bonchev–Trinajstić information content (AvgIpc) is 2.82. The van der Waals surface area contributed by atoms with Gasteiger partial charge in [0.2, 0.25) is 0 Å². The van der Waals surface area contributed by atoms with Crippen molar-refractivity contribution in [2.45, 2.75) is 6.92 Å². The van der Waals surface area contributed by atoms with E-state index in [4.69, 9.17) is 12.2 Å². The highest BCUT2D eigenvalue weighted by atomic mass is 79.9. The summed E-state index contributed by atoms with van der Waals surface area (Å²) in [5.74, 6) is -0.0686. The molecule has 0 bridgehead atoms. The number of thiocarbonyl (C=S) groups is 1. The van der Waals surface area contributed by atoms with Gasteiger partial charge in [-0.3, -0.25) is 9.69 Å². The largest absolute Gasteiger partial charge is 0.367 e. The zero-order chi connectivity index (χ0) is 17.1. The molecule has 122 valence electrons. The monoisotopic (exact) mass is 418 g/mol. The predicted octanol–water partition coefficient (Wildman–Crippen LogP) is 5.03. The molecule has 24 heavy (non-hydrogen) atoms. The molecule has 3 rings (SSSR count). The lowest BCUT2D eigenvalue weighted by molar-refractivity contribution is -0.121. The Morgan fingerprint density at radius 3 is 2.79 bits per heavy atom. The van der Waals surface area contributed by atoms with Gasteiger partial charge in [0, 0.05) is 10.2 Å². The Labute approximate surface area is 159 Å². The first kappa shape index (κ1) is 17.2. The first-order chi connectivity index (χ1) is 11.5. The minimum absolute atomic E-state index is 0.0686. The molecule has 0 spiro atoms. The van der Waals surface area contributed by atoms with Gasteiger partial charge < -0.3 is 5.32 Å². The molecule has 0 unspecified atom stereocenters. The second kappa shape index (κ2) is 7.51. The van der Waals surface area contributed by atoms with Gasteiger partial charge in [-0.1, -0.05) is 70.2 Å². The second-order valence-corrected chi connectivity index (χ2v) is 7.87. The molecule has 0 atom stereocenters. The Morgan fingerprint density at radius 1 is 1.25 bits per heavy atom. The zero-order valence-electron chi connectivity index (χ0n) is 13.0. The van der Waals surface area contributed by atoms with Gasteiger partial charge >= 0.3 is 0 Å². The summed E-state index contributed by atoms with van der Waals surface area (Å²) in [6.07, 6.45) is 1.87. The Hall–Kier alpha value is -1.63. The predicted molar refractivity (Wildman–Crippen MR) is 109 cm³/mol. The molecule has 6 heteroatoms. The van der Waals surface area contributed by atoms with Crippen LogP contribution in [0.5, 0.6) is 0 Å². The molecule has 1 aliphatic rings. The molecule has 1 heterocycles. The van der Waals surface area contributed by atoms with Gasteiger partial charge in [-0.25, -0.2) is 0 Å². The van der Waals surface area contributed by atoms with E-state index in [-0.39, 0.29) is 5.91 Å². The van der Waals surface area contributed by atoms with Crippen molar-refractivity contribution in [1.29, 1.82) is 0 Å². The molecule has 3 nitrogen and oxygen atoms in total. The van der Waals surface area contributed by atoms with Gasteiger partial charge in [-0.05, 0) is 42.3 Å². The molecular weight excluding hydrogens is 404 g/mol. The highest BCUT2D eigenvalue weighted by molar-refractivity contribution is 9.10. The number of thioether (sulfide) groups is 1. The van der Waals surface area contributed by atoms with Gasteiger partial charge in [-0.2, -0.15) is 0 Å². The van der Waals surface area contributed by atoms with Crippen LogP contribution in [0.1, 0.15) is 11.1 Å². The number of carbonyl (C=O) groups is 1. The maximum atomic E-state index is 12.6. The Bertz CT molecular complexity index is 835. The molecule has 0 aromatic heterocycles. The summed E-state index contributed by atoms with van der Waals surface area (Å²) in [5, 5.41) is 3.25. The molecule has 1 saturated heterocycles. The van der Waals surface area contributed by atoms with Crippen LogP contribution < -0.4 is 5.32 Å². The quantitative estimate of drug-likeness (QED) is 0.557. The lowest BCUT2D eigenvalue weighted by Gasteiger charge is -2.16. The van der Waals surface area contributed by atoms with E-state index in [0.717, 1.165) is 15.7 Å². The van der Waals surface area contributed by atoms with Crippen LogP contribution in [0.25, 0.3) is 6.08 Å². The molecule has 1 fully saturated rings. The second-order valence-electron chi connectivity index (χ2n) is 5.34. The van der Waals surface area contributed by atoms with E-state index in [0.29, 0.717) is 15.9 Å². The number of aryl methyl sites for hydroxylation is 1. The summed E-state index contributed by atoms with van der Waals surface area (Å²) in [6.45, 7) is 2.40. The molecule has 1 amide bonds. The first-order valence-corrected chi connectivity index (χ1v) is 9.37. The smallest absolute Gasteiger partial charge is 0.267 e. The third kappa shape index (κ3) is 3.88. The van der Waals surface area contributed by atoms with E-state index in [2.05, 4.69) is 21.2 Å². The fourth-order valence-corrected chi connectivity index (χ4v) is 3.94. The van der Waals surface area contributed by atoms with Crippen molar-refractivity contribution in [3.8, 4) is 0 Å². The van der Waals surface area contributed by atoms with Crippen LogP contribution >= 0.6 is 39.9 Å². The number of amides is 1. The third-order valence-corrected chi connectivity index (χ3v) is 5.62. The molecule has 0 radical (unpaired) electrons. The molecule has 2 aromatic carbocycles. The van der Waals surface area contributed by atoms with Crippen LogP contribution in [-0.4, -0.2) is 21.8 Å². The van der Waals surface area contributed by atoms with Gasteiger partial charge in [0.05, 0.1) is 11.6 Å². The molecule has 0 saturated carbocycles. The number of carbonyl (C=O) groups excluding carboxylic acids is 1. The first-order valence-electron chi connectivity index (χ1n) is 7.35. The summed E-state index contributed by atoms with van der Waals surface area (Å²) >= 11 is 10.2. The standard InChI is InChI=1S/C18H15BrN2OS2/c1-12-5-4-7-14(9-12)20-11-21-17(22)16(24-18(21)23)10-13-6-2-3-8-15(13)19/h2-10,20H,11H2,1H3. The third-order valence-electron chi connectivity index (χ3n) is 3.52. The van der Waals surface area contributed by atoms with Crippen molar-refractivity contribution in [3.05, 3.63) is 69.0 Å². The normalized spacial score (nSPS) is 16.1. The van der Waals surface area contributed by atoms with Gasteiger partial charge in [0.25, 0.3) is 5.91 Å². The minimum Gasteiger partial charge on any atom is -0.367 e. The lowest BCUT2D eigenvalue weighted by Crippen LogP contribution is -2.33. The summed E-state index contributed by atoms with van der Waals surface area (Å²) in [7, 11) is 0. The van der Waals surface area contributed by atoms with Crippen molar-refractivity contribution in [2.75, 3.05) is 12.0 Å². The van der Waals surface area contributed by atoms with Crippen LogP contribution in [0.4, 0.5) is 5.69 Å². The maximum absolute atomic E-state index is 12.6. The summed E-state index contributed by atoms with van der Waals surface area (Å²) in [6, 6.07) is 15.8. The number of nitrogens with one attached hydrogen (secondary N) is 1. The topological polar surface area (TPSA) is 32.3 Å². The minimum atomic E-state index is -0.0686. The number of halogens is 1. The van der Waals surface area contributed by atoms with E-state index in [1.54, 1.807) is 4.90 Å². The van der Waals surface area contributed by atoms with Gasteiger partial charge in [0.15, 0.2) is 0 Å². The number of hydrogen-bond acceptors (Lipinski definition) is 4. The summed E-state index contributed by atoms with van der Waals surface area (Å²) in [4.78, 5) is 14.8. The summed E-state index contributed by atoms with van der Waals surface area (Å²) in [5.41, 5.74) is 3.10. The number of rotatable bonds is 4. The number of hydrogen-bond donors (Lipinski definition) is 1. The summed E-state index contributed by atoms with van der Waals surface area (Å²) < 4.78 is 1.52. The van der Waals surface area contributed by atoms with Crippen molar-refractivity contribution in [2.24, 2.45) is 0 Å². The van der Waals surface area contributed by atoms with Gasteiger partial charge in [0.1, 0.15) is 4.32 Å². The number of anilines is 1. The Kier molecular flexibility index (Phi) is 5.38. The Balaban J connectivity index is 1.73. The van der Waals surface area contributed by atoms with E-state index in [9.17, 15) is 4.79 Å². The van der Waals surface area contributed by atoms with Crippen LogP contribution in [0, 0.1) is 6.92 Å². The zero-order valence-corrected chi connectivity index (χ0v) is 16.2. The molecule has 2 aromatic rings. The van der Waals surface area contributed by atoms with Crippen LogP contribution in [0.3, 0.4) is 0 Å². The lowest BCUT2D eigenvalue weighted by atomic mass is 10.2. The number of benzene rings is 2. The molecule has 0 aliphatic carbocycles. The van der Waals surface area contributed by atoms with Crippen molar-refractivity contribution in [3.63, 3.8) is 0 Å². The van der Waals surface area contributed by atoms with E-state index >= 15 is 0 Å². The van der Waals surface area contributed by atoms with Crippen molar-refractivity contribution < 1.29 is 4.79 Å². The average molecular weight is 419 g/mol. The number of nitrogens with zero attached hydrogens (tertiary/aromatic N) is 1. The van der Waals surface area contributed by atoms with Crippen LogP contribution in [0.15, 0.2) is 57.9 Å². The molecular formula is C18H15BrN2OS2. The van der Waals surface area contributed by atoms with Crippen LogP contribution in [-0.2, 0) is 4.79 Å². The highest BCUT2D eigenvalue weighted by Crippen LogP contribution is 2.33. The van der Waals surface area contributed by atoms with E-state index < -0.39 is 0 Å². The van der Waals surface area contributed by atoms with Crippen LogP contribution in [0.2, 0.25) is 0 Å². The molecule has 1 N–H and O–H groups in total.